The van der Waals surface area contributed by atoms with Crippen LogP contribution in [0.5, 0.6) is 0 Å². The number of furan rings is 1. The summed E-state index contributed by atoms with van der Waals surface area (Å²) in [5.74, 6) is 1.71. The van der Waals surface area contributed by atoms with Crippen molar-refractivity contribution in [1.29, 1.82) is 0 Å². The van der Waals surface area contributed by atoms with E-state index in [4.69, 9.17) is 19.4 Å². The van der Waals surface area contributed by atoms with Gasteiger partial charge in [0.05, 0.1) is 11.0 Å². The van der Waals surface area contributed by atoms with E-state index in [0.29, 0.717) is 17.6 Å². The van der Waals surface area contributed by atoms with Gasteiger partial charge >= 0.3 is 0 Å². The zero-order valence-corrected chi connectivity index (χ0v) is 36.5. The van der Waals surface area contributed by atoms with Crippen LogP contribution in [0.3, 0.4) is 0 Å². The Labute approximate surface area is 381 Å². The quantitative estimate of drug-likeness (QED) is 0.167. The van der Waals surface area contributed by atoms with Crippen molar-refractivity contribution in [3.8, 4) is 62.1 Å². The van der Waals surface area contributed by atoms with Gasteiger partial charge < -0.3 is 4.42 Å². The molecule has 0 N–H and O–H groups in total. The van der Waals surface area contributed by atoms with Gasteiger partial charge in [0.1, 0.15) is 11.2 Å². The van der Waals surface area contributed by atoms with Crippen molar-refractivity contribution in [1.82, 2.24) is 19.5 Å². The van der Waals surface area contributed by atoms with Crippen LogP contribution in [0.4, 0.5) is 0 Å². The molecule has 0 bridgehead atoms. The molecule has 0 atom stereocenters. The summed E-state index contributed by atoms with van der Waals surface area (Å²) in [5, 5.41) is 9.13. The fourth-order valence-corrected chi connectivity index (χ4v) is 9.65. The standard InChI is InChI=1S/C59H36N4O.C2H6/c1-3-13-37(14-4-1)39-25-29-43(30-26-39)57-60-58(44-31-27-40(28-32-44)38-15-5-2-6-16-38)62-59(61-57)63-51-35-33-41-17-7-9-19-45(41)53(51)49-23-11-21-47(55(49)63)48-22-12-24-50-54-46-20-10-8-18-42(46)34-36-52(54)64-56(48)50;1-2/h1-36H;1-2H3. The van der Waals surface area contributed by atoms with Crippen LogP contribution in [0, 0.1) is 0 Å². The second kappa shape index (κ2) is 16.2. The highest BCUT2D eigenvalue weighted by molar-refractivity contribution is 6.25. The molecule has 0 aliphatic carbocycles. The molecule has 312 valence electrons. The second-order valence-corrected chi connectivity index (χ2v) is 16.3. The summed E-state index contributed by atoms with van der Waals surface area (Å²) >= 11 is 0. The van der Waals surface area contributed by atoms with E-state index in [0.717, 1.165) is 93.6 Å². The van der Waals surface area contributed by atoms with E-state index in [2.05, 4.69) is 211 Å². The molecule has 0 radical (unpaired) electrons. The van der Waals surface area contributed by atoms with E-state index in [1.165, 1.54) is 16.2 Å². The summed E-state index contributed by atoms with van der Waals surface area (Å²) in [4.78, 5) is 16.0. The third-order valence-electron chi connectivity index (χ3n) is 12.7. The molecular formula is C61H42N4O. The molecule has 0 unspecified atom stereocenters. The van der Waals surface area contributed by atoms with Gasteiger partial charge in [0.15, 0.2) is 11.6 Å². The first-order chi connectivity index (χ1) is 32.7. The lowest BCUT2D eigenvalue weighted by molar-refractivity contribution is 0.670. The van der Waals surface area contributed by atoms with Crippen molar-refractivity contribution in [3.05, 3.63) is 218 Å². The monoisotopic (exact) mass is 846 g/mol. The van der Waals surface area contributed by atoms with Gasteiger partial charge in [-0.2, -0.15) is 9.97 Å². The van der Waals surface area contributed by atoms with Gasteiger partial charge in [0.25, 0.3) is 0 Å². The molecular weight excluding hydrogens is 805 g/mol. The van der Waals surface area contributed by atoms with Gasteiger partial charge in [-0.3, -0.25) is 4.57 Å². The molecule has 66 heavy (non-hydrogen) atoms. The highest BCUT2D eigenvalue weighted by Gasteiger charge is 2.24. The van der Waals surface area contributed by atoms with Crippen molar-refractivity contribution >= 4 is 65.3 Å². The minimum atomic E-state index is 0.532. The Morgan fingerprint density at radius 3 is 1.42 bits per heavy atom. The fraction of sp³-hybridized carbons (Fsp3) is 0.0328. The van der Waals surface area contributed by atoms with E-state index >= 15 is 0 Å². The van der Waals surface area contributed by atoms with Crippen LogP contribution < -0.4 is 0 Å². The fourth-order valence-electron chi connectivity index (χ4n) is 9.65. The van der Waals surface area contributed by atoms with Crippen LogP contribution in [-0.4, -0.2) is 19.5 Å². The maximum atomic E-state index is 6.87. The number of para-hydroxylation sites is 2. The molecule has 0 fully saturated rings. The Balaban J connectivity index is 0.00000225. The molecule has 0 amide bonds. The first-order valence-electron chi connectivity index (χ1n) is 22.6. The normalized spacial score (nSPS) is 11.5. The number of aromatic nitrogens is 4. The van der Waals surface area contributed by atoms with E-state index in [1.54, 1.807) is 0 Å². The summed E-state index contributed by atoms with van der Waals surface area (Å²) in [6, 6.07) is 76.8. The van der Waals surface area contributed by atoms with Crippen molar-refractivity contribution < 1.29 is 4.42 Å². The average molecular weight is 847 g/mol. The summed E-state index contributed by atoms with van der Waals surface area (Å²) in [7, 11) is 0. The van der Waals surface area contributed by atoms with Crippen LogP contribution in [0.1, 0.15) is 13.8 Å². The first-order valence-corrected chi connectivity index (χ1v) is 22.6. The van der Waals surface area contributed by atoms with E-state index < -0.39 is 0 Å². The molecule has 3 heterocycles. The maximum Gasteiger partial charge on any atom is 0.238 e. The van der Waals surface area contributed by atoms with Gasteiger partial charge in [-0.15, -0.1) is 0 Å². The third kappa shape index (κ3) is 6.43. The molecule has 0 saturated heterocycles. The van der Waals surface area contributed by atoms with Crippen LogP contribution in [-0.2, 0) is 0 Å². The number of hydrogen-bond acceptors (Lipinski definition) is 4. The predicted octanol–water partition coefficient (Wildman–Crippen LogP) is 16.5. The molecule has 13 aromatic rings. The minimum absolute atomic E-state index is 0.532. The Kier molecular flexibility index (Phi) is 9.53. The molecule has 13 rings (SSSR count). The van der Waals surface area contributed by atoms with Gasteiger partial charge in [-0.05, 0) is 55.9 Å². The van der Waals surface area contributed by atoms with Gasteiger partial charge in [0, 0.05) is 43.8 Å². The Bertz CT molecular complexity index is 3830. The van der Waals surface area contributed by atoms with Crippen LogP contribution in [0.2, 0.25) is 0 Å². The number of benzene rings is 10. The topological polar surface area (TPSA) is 56.7 Å². The Morgan fingerprint density at radius 2 is 0.818 bits per heavy atom. The Morgan fingerprint density at radius 1 is 0.348 bits per heavy atom. The zero-order valence-electron chi connectivity index (χ0n) is 36.5. The minimum Gasteiger partial charge on any atom is -0.455 e. The van der Waals surface area contributed by atoms with Crippen LogP contribution in [0.25, 0.3) is 127 Å². The third-order valence-corrected chi connectivity index (χ3v) is 12.7. The highest BCUT2D eigenvalue weighted by Crippen LogP contribution is 2.45. The average Bonchev–Trinajstić information content (AvgIpc) is 3.97. The molecule has 0 aliphatic heterocycles. The van der Waals surface area contributed by atoms with Crippen molar-refractivity contribution in [3.63, 3.8) is 0 Å². The van der Waals surface area contributed by atoms with Crippen molar-refractivity contribution in [2.75, 3.05) is 0 Å². The highest BCUT2D eigenvalue weighted by atomic mass is 16.3. The lowest BCUT2D eigenvalue weighted by Crippen LogP contribution is -2.07. The number of rotatable bonds is 6. The Hall–Kier alpha value is -8.67. The van der Waals surface area contributed by atoms with Crippen molar-refractivity contribution in [2.45, 2.75) is 13.8 Å². The molecule has 3 aromatic heterocycles. The molecule has 10 aromatic carbocycles. The molecule has 0 aliphatic rings. The SMILES string of the molecule is CC.c1ccc(-c2ccc(-c3nc(-c4ccc(-c5ccccc5)cc4)nc(-n4c5ccc6ccccc6c5c5cccc(-c6cccc7c6oc6ccc8ccccc8c67)c54)n3)cc2)cc1. The first kappa shape index (κ1) is 39.0. The van der Waals surface area contributed by atoms with Crippen LogP contribution >= 0.6 is 0 Å². The van der Waals surface area contributed by atoms with E-state index in [-0.39, 0.29) is 0 Å². The van der Waals surface area contributed by atoms with Gasteiger partial charge in [-0.1, -0.05) is 220 Å². The van der Waals surface area contributed by atoms with Crippen molar-refractivity contribution in [2.24, 2.45) is 0 Å². The van der Waals surface area contributed by atoms with E-state index in [9.17, 15) is 0 Å². The maximum absolute atomic E-state index is 6.87. The zero-order chi connectivity index (χ0) is 44.1. The molecule has 5 nitrogen and oxygen atoms in total. The van der Waals surface area contributed by atoms with Crippen LogP contribution in [0.15, 0.2) is 223 Å². The smallest absolute Gasteiger partial charge is 0.238 e. The summed E-state index contributed by atoms with van der Waals surface area (Å²) in [5.41, 5.74) is 12.1. The number of fused-ring (bicyclic) bond motifs is 10. The number of nitrogens with zero attached hydrogens (tertiary/aromatic N) is 4. The molecule has 5 heteroatoms. The predicted molar refractivity (Wildman–Crippen MR) is 275 cm³/mol. The molecule has 0 spiro atoms. The van der Waals surface area contributed by atoms with E-state index in [1.807, 2.05) is 26.0 Å². The lowest BCUT2D eigenvalue weighted by Gasteiger charge is -2.13. The van der Waals surface area contributed by atoms with Gasteiger partial charge in [-0.25, -0.2) is 4.98 Å². The summed E-state index contributed by atoms with van der Waals surface area (Å²) in [6.07, 6.45) is 0. The molecule has 0 saturated carbocycles. The summed E-state index contributed by atoms with van der Waals surface area (Å²) in [6.45, 7) is 4.00. The summed E-state index contributed by atoms with van der Waals surface area (Å²) < 4.78 is 9.12. The van der Waals surface area contributed by atoms with Gasteiger partial charge in [0.2, 0.25) is 5.95 Å². The lowest BCUT2D eigenvalue weighted by atomic mass is 9.97. The second-order valence-electron chi connectivity index (χ2n) is 16.3. The number of hydrogen-bond donors (Lipinski definition) is 0. The largest absolute Gasteiger partial charge is 0.455 e.